The molecule has 2 atom stereocenters. The van der Waals surface area contributed by atoms with E-state index in [9.17, 15) is 4.79 Å². The second kappa shape index (κ2) is 4.47. The second-order valence-electron chi connectivity index (χ2n) is 8.87. The SMILES string of the molecule is O=C(N1C[C@@H]2CCCN[C@@H]2C1)C12CC3CC(CC(C3)C1)C2. The molecule has 1 N–H and O–H groups in total. The van der Waals surface area contributed by atoms with Gasteiger partial charge in [-0.1, -0.05) is 0 Å². The first-order valence-electron chi connectivity index (χ1n) is 9.25. The fourth-order valence-electron chi connectivity index (χ4n) is 6.92. The summed E-state index contributed by atoms with van der Waals surface area (Å²) in [5, 5.41) is 3.65. The number of carbonyl (C=O) groups is 1. The van der Waals surface area contributed by atoms with Crippen molar-refractivity contribution in [3.8, 4) is 0 Å². The van der Waals surface area contributed by atoms with Crippen LogP contribution in [0.3, 0.4) is 0 Å². The minimum atomic E-state index is 0.0717. The zero-order valence-electron chi connectivity index (χ0n) is 13.0. The van der Waals surface area contributed by atoms with Crippen molar-refractivity contribution < 1.29 is 4.79 Å². The van der Waals surface area contributed by atoms with Gasteiger partial charge in [-0.25, -0.2) is 0 Å². The van der Waals surface area contributed by atoms with Crippen LogP contribution in [0.5, 0.6) is 0 Å². The second-order valence-corrected chi connectivity index (χ2v) is 8.87. The lowest BCUT2D eigenvalue weighted by molar-refractivity contribution is -0.156. The molecule has 21 heavy (non-hydrogen) atoms. The summed E-state index contributed by atoms with van der Waals surface area (Å²) < 4.78 is 0. The summed E-state index contributed by atoms with van der Waals surface area (Å²) in [6.07, 6.45) is 10.6. The van der Waals surface area contributed by atoms with Gasteiger partial charge in [-0.15, -0.1) is 0 Å². The summed E-state index contributed by atoms with van der Waals surface area (Å²) in [6.45, 7) is 3.18. The zero-order valence-corrected chi connectivity index (χ0v) is 13.0. The van der Waals surface area contributed by atoms with E-state index in [-0.39, 0.29) is 5.41 Å². The molecule has 6 rings (SSSR count). The molecule has 3 nitrogen and oxygen atoms in total. The van der Waals surface area contributed by atoms with Gasteiger partial charge < -0.3 is 10.2 Å². The first-order valence-corrected chi connectivity index (χ1v) is 9.25. The number of nitrogens with zero attached hydrogens (tertiary/aromatic N) is 1. The van der Waals surface area contributed by atoms with Gasteiger partial charge in [-0.05, 0) is 81.6 Å². The van der Waals surface area contributed by atoms with E-state index in [0.717, 1.165) is 43.3 Å². The maximum Gasteiger partial charge on any atom is 0.228 e. The summed E-state index contributed by atoms with van der Waals surface area (Å²) in [7, 11) is 0. The van der Waals surface area contributed by atoms with E-state index in [1.807, 2.05) is 0 Å². The first kappa shape index (κ1) is 12.9. The summed E-state index contributed by atoms with van der Waals surface area (Å²) in [6, 6.07) is 0.594. The molecule has 4 aliphatic carbocycles. The molecule has 0 aromatic heterocycles. The Hall–Kier alpha value is -0.570. The summed E-state index contributed by atoms with van der Waals surface area (Å²) in [5.41, 5.74) is 0.0717. The van der Waals surface area contributed by atoms with E-state index in [1.165, 1.54) is 51.4 Å². The molecule has 6 fully saturated rings. The fraction of sp³-hybridized carbons (Fsp3) is 0.944. The van der Waals surface area contributed by atoms with Gasteiger partial charge >= 0.3 is 0 Å². The van der Waals surface area contributed by atoms with Gasteiger partial charge in [0.05, 0.1) is 5.41 Å². The van der Waals surface area contributed by atoms with E-state index < -0.39 is 0 Å². The largest absolute Gasteiger partial charge is 0.340 e. The molecule has 4 bridgehead atoms. The van der Waals surface area contributed by atoms with Gasteiger partial charge in [-0.3, -0.25) is 4.79 Å². The number of amides is 1. The lowest BCUT2D eigenvalue weighted by Crippen LogP contribution is -2.54. The number of piperidine rings is 1. The van der Waals surface area contributed by atoms with E-state index in [2.05, 4.69) is 10.2 Å². The molecular weight excluding hydrogens is 260 g/mol. The van der Waals surface area contributed by atoms with E-state index in [4.69, 9.17) is 0 Å². The highest BCUT2D eigenvalue weighted by atomic mass is 16.2. The third kappa shape index (κ3) is 1.92. The van der Waals surface area contributed by atoms with Crippen LogP contribution in [-0.2, 0) is 4.79 Å². The minimum Gasteiger partial charge on any atom is -0.340 e. The molecule has 0 aromatic carbocycles. The molecule has 0 unspecified atom stereocenters. The van der Waals surface area contributed by atoms with E-state index in [1.54, 1.807) is 0 Å². The molecule has 6 aliphatic rings. The average Bonchev–Trinajstić information content (AvgIpc) is 2.88. The number of nitrogens with one attached hydrogen (secondary N) is 1. The highest BCUT2D eigenvalue weighted by molar-refractivity contribution is 5.83. The molecule has 0 radical (unpaired) electrons. The highest BCUT2D eigenvalue weighted by Crippen LogP contribution is 2.60. The van der Waals surface area contributed by atoms with Crippen molar-refractivity contribution in [3.63, 3.8) is 0 Å². The van der Waals surface area contributed by atoms with Crippen molar-refractivity contribution in [2.75, 3.05) is 19.6 Å². The molecule has 2 saturated heterocycles. The van der Waals surface area contributed by atoms with Crippen molar-refractivity contribution in [1.29, 1.82) is 0 Å². The van der Waals surface area contributed by atoms with E-state index in [0.29, 0.717) is 11.9 Å². The van der Waals surface area contributed by atoms with Crippen molar-refractivity contribution >= 4 is 5.91 Å². The summed E-state index contributed by atoms with van der Waals surface area (Å²) >= 11 is 0. The standard InChI is InChI=1S/C18H28N2O/c21-17(20-10-15-2-1-3-19-16(15)11-20)18-7-12-4-13(8-18)6-14(5-12)9-18/h12-16,19H,1-11H2/t12?,13?,14?,15-,16+,18?/m0/s1. The van der Waals surface area contributed by atoms with Crippen LogP contribution in [0.4, 0.5) is 0 Å². The average molecular weight is 288 g/mol. The molecule has 0 aromatic rings. The molecule has 2 aliphatic heterocycles. The van der Waals surface area contributed by atoms with Crippen molar-refractivity contribution in [2.45, 2.75) is 57.4 Å². The maximum atomic E-state index is 13.3. The Bertz CT molecular complexity index is 411. The van der Waals surface area contributed by atoms with Crippen LogP contribution >= 0.6 is 0 Å². The lowest BCUT2D eigenvalue weighted by Gasteiger charge is -2.56. The fourth-order valence-corrected chi connectivity index (χ4v) is 6.92. The Balaban J connectivity index is 1.37. The molecule has 0 spiro atoms. The van der Waals surface area contributed by atoms with Crippen LogP contribution in [0.15, 0.2) is 0 Å². The highest BCUT2D eigenvalue weighted by Gasteiger charge is 2.56. The summed E-state index contributed by atoms with van der Waals surface area (Å²) in [5.74, 6) is 3.92. The van der Waals surface area contributed by atoms with E-state index >= 15 is 0 Å². The van der Waals surface area contributed by atoms with Crippen molar-refractivity contribution in [3.05, 3.63) is 0 Å². The number of hydrogen-bond acceptors (Lipinski definition) is 2. The van der Waals surface area contributed by atoms with Crippen LogP contribution in [0.25, 0.3) is 0 Å². The molecule has 4 saturated carbocycles. The predicted molar refractivity (Wildman–Crippen MR) is 81.7 cm³/mol. The van der Waals surface area contributed by atoms with Crippen LogP contribution in [0, 0.1) is 29.1 Å². The number of carbonyl (C=O) groups excluding carboxylic acids is 1. The zero-order chi connectivity index (χ0) is 14.0. The molecule has 1 amide bonds. The van der Waals surface area contributed by atoms with Crippen LogP contribution < -0.4 is 5.32 Å². The Morgan fingerprint density at radius 3 is 2.29 bits per heavy atom. The monoisotopic (exact) mass is 288 g/mol. The smallest absolute Gasteiger partial charge is 0.228 e. The molecule has 116 valence electrons. The molecular formula is C18H28N2O. The van der Waals surface area contributed by atoms with Gasteiger partial charge in [-0.2, -0.15) is 0 Å². The summed E-state index contributed by atoms with van der Waals surface area (Å²) in [4.78, 5) is 15.6. The lowest BCUT2D eigenvalue weighted by atomic mass is 9.49. The number of rotatable bonds is 1. The van der Waals surface area contributed by atoms with Gasteiger partial charge in [0.15, 0.2) is 0 Å². The third-order valence-electron chi connectivity index (χ3n) is 7.38. The molecule has 2 heterocycles. The van der Waals surface area contributed by atoms with Crippen molar-refractivity contribution in [2.24, 2.45) is 29.1 Å². The van der Waals surface area contributed by atoms with Gasteiger partial charge in [0.2, 0.25) is 5.91 Å². The number of hydrogen-bond donors (Lipinski definition) is 1. The van der Waals surface area contributed by atoms with Crippen LogP contribution in [0.1, 0.15) is 51.4 Å². The minimum absolute atomic E-state index is 0.0717. The number of likely N-dealkylation sites (tertiary alicyclic amines) is 1. The quantitative estimate of drug-likeness (QED) is 0.803. The normalized spacial score (nSPS) is 51.2. The Morgan fingerprint density at radius 2 is 1.67 bits per heavy atom. The Kier molecular flexibility index (Phi) is 2.75. The first-order chi connectivity index (χ1) is 10.2. The van der Waals surface area contributed by atoms with Gasteiger partial charge in [0.1, 0.15) is 0 Å². The number of fused-ring (bicyclic) bond motifs is 1. The Labute approximate surface area is 127 Å². The Morgan fingerprint density at radius 1 is 1.00 bits per heavy atom. The van der Waals surface area contributed by atoms with Gasteiger partial charge in [0.25, 0.3) is 0 Å². The van der Waals surface area contributed by atoms with Crippen LogP contribution in [0.2, 0.25) is 0 Å². The maximum absolute atomic E-state index is 13.3. The predicted octanol–water partition coefficient (Wildman–Crippen LogP) is 2.41. The molecule has 3 heteroatoms. The van der Waals surface area contributed by atoms with Crippen molar-refractivity contribution in [1.82, 2.24) is 10.2 Å². The third-order valence-corrected chi connectivity index (χ3v) is 7.38. The topological polar surface area (TPSA) is 32.3 Å². The van der Waals surface area contributed by atoms with Gasteiger partial charge in [0, 0.05) is 19.1 Å². The van der Waals surface area contributed by atoms with Crippen LogP contribution in [-0.4, -0.2) is 36.5 Å².